The van der Waals surface area contributed by atoms with Gasteiger partial charge in [-0.25, -0.2) is 0 Å². The van der Waals surface area contributed by atoms with Gasteiger partial charge in [0, 0.05) is 23.1 Å². The van der Waals surface area contributed by atoms with Crippen molar-refractivity contribution >= 4 is 23.0 Å². The third kappa shape index (κ3) is 3.27. The first kappa shape index (κ1) is 12.9. The molecule has 0 unspecified atom stereocenters. The van der Waals surface area contributed by atoms with Crippen molar-refractivity contribution in [2.24, 2.45) is 0 Å². The summed E-state index contributed by atoms with van der Waals surface area (Å²) in [6, 6.07) is 18.8. The van der Waals surface area contributed by atoms with E-state index in [0.29, 0.717) is 5.69 Å². The fourth-order valence-corrected chi connectivity index (χ4v) is 1.85. The van der Waals surface area contributed by atoms with Crippen LogP contribution in [0.1, 0.15) is 10.5 Å². The Kier molecular flexibility index (Phi) is 3.64. The molecule has 104 valence electrons. The van der Waals surface area contributed by atoms with E-state index in [1.165, 1.54) is 12.3 Å². The van der Waals surface area contributed by atoms with Crippen molar-refractivity contribution in [2.75, 3.05) is 10.6 Å². The van der Waals surface area contributed by atoms with Crippen molar-refractivity contribution < 1.29 is 9.32 Å². The summed E-state index contributed by atoms with van der Waals surface area (Å²) in [6.07, 6.45) is 1.36. The van der Waals surface area contributed by atoms with E-state index in [1.54, 1.807) is 0 Å². The van der Waals surface area contributed by atoms with E-state index in [0.717, 1.165) is 11.4 Å². The Hall–Kier alpha value is -3.08. The van der Waals surface area contributed by atoms with Crippen LogP contribution < -0.4 is 10.6 Å². The molecule has 5 nitrogen and oxygen atoms in total. The third-order valence-electron chi connectivity index (χ3n) is 2.88. The largest absolute Gasteiger partial charge is 0.364 e. The van der Waals surface area contributed by atoms with Crippen LogP contribution in [0.25, 0.3) is 0 Å². The molecule has 1 heterocycles. The van der Waals surface area contributed by atoms with Crippen molar-refractivity contribution in [3.05, 3.63) is 72.6 Å². The molecule has 0 bridgehead atoms. The van der Waals surface area contributed by atoms with Gasteiger partial charge in [0.2, 0.25) is 0 Å². The molecule has 0 atom stereocenters. The maximum atomic E-state index is 11.8. The quantitative estimate of drug-likeness (QED) is 0.764. The molecule has 0 saturated heterocycles. The van der Waals surface area contributed by atoms with Crippen LogP contribution in [0.15, 0.2) is 71.4 Å². The Labute approximate surface area is 121 Å². The molecule has 0 aliphatic rings. The molecule has 3 rings (SSSR count). The number of hydrogen-bond acceptors (Lipinski definition) is 4. The molecular formula is C16H13N3O2. The second-order valence-corrected chi connectivity index (χ2v) is 4.41. The zero-order valence-electron chi connectivity index (χ0n) is 11.1. The lowest BCUT2D eigenvalue weighted by molar-refractivity contribution is 0.101. The number of amides is 1. The predicted octanol–water partition coefficient (Wildman–Crippen LogP) is 3.67. The summed E-state index contributed by atoms with van der Waals surface area (Å²) >= 11 is 0. The van der Waals surface area contributed by atoms with Crippen molar-refractivity contribution in [1.29, 1.82) is 0 Å². The second-order valence-electron chi connectivity index (χ2n) is 4.41. The monoisotopic (exact) mass is 279 g/mol. The van der Waals surface area contributed by atoms with Gasteiger partial charge in [0.05, 0.1) is 0 Å². The highest BCUT2D eigenvalue weighted by atomic mass is 16.5. The van der Waals surface area contributed by atoms with Crippen LogP contribution in [0.2, 0.25) is 0 Å². The molecule has 5 heteroatoms. The molecule has 2 N–H and O–H groups in total. The first-order valence-corrected chi connectivity index (χ1v) is 6.45. The first-order chi connectivity index (χ1) is 10.3. The van der Waals surface area contributed by atoms with Crippen LogP contribution in [0.5, 0.6) is 0 Å². The Bertz CT molecular complexity index is 707. The lowest BCUT2D eigenvalue weighted by Gasteiger charge is -2.08. The molecule has 0 saturated carbocycles. The lowest BCUT2D eigenvalue weighted by atomic mass is 10.2. The molecule has 1 amide bonds. The van der Waals surface area contributed by atoms with Crippen LogP contribution in [-0.2, 0) is 0 Å². The summed E-state index contributed by atoms with van der Waals surface area (Å²) in [7, 11) is 0. The van der Waals surface area contributed by atoms with Crippen molar-refractivity contribution in [1.82, 2.24) is 5.16 Å². The van der Waals surface area contributed by atoms with E-state index in [-0.39, 0.29) is 11.6 Å². The van der Waals surface area contributed by atoms with E-state index in [9.17, 15) is 4.79 Å². The highest BCUT2D eigenvalue weighted by Crippen LogP contribution is 2.18. The second kappa shape index (κ2) is 5.92. The van der Waals surface area contributed by atoms with Gasteiger partial charge in [0.1, 0.15) is 6.26 Å². The van der Waals surface area contributed by atoms with Gasteiger partial charge >= 0.3 is 0 Å². The van der Waals surface area contributed by atoms with Crippen LogP contribution in [0.4, 0.5) is 17.1 Å². The summed E-state index contributed by atoms with van der Waals surface area (Å²) in [5.74, 6) is -0.299. The lowest BCUT2D eigenvalue weighted by Crippen LogP contribution is -2.11. The van der Waals surface area contributed by atoms with Crippen LogP contribution >= 0.6 is 0 Å². The minimum atomic E-state index is -0.299. The smallest absolute Gasteiger partial charge is 0.277 e. The SMILES string of the molecule is O=C(Nc1ccc(Nc2ccccc2)cc1)c1ccon1. The van der Waals surface area contributed by atoms with E-state index in [4.69, 9.17) is 0 Å². The van der Waals surface area contributed by atoms with Crippen molar-refractivity contribution in [3.8, 4) is 0 Å². The number of nitrogens with one attached hydrogen (secondary N) is 2. The topological polar surface area (TPSA) is 67.2 Å². The number of aromatic nitrogens is 1. The minimum Gasteiger partial charge on any atom is -0.364 e. The van der Waals surface area contributed by atoms with E-state index in [1.807, 2.05) is 54.6 Å². The molecule has 1 aromatic heterocycles. The highest BCUT2D eigenvalue weighted by molar-refractivity contribution is 6.02. The summed E-state index contributed by atoms with van der Waals surface area (Å²) < 4.78 is 4.64. The predicted molar refractivity (Wildman–Crippen MR) is 80.6 cm³/mol. The number of benzene rings is 2. The number of rotatable bonds is 4. The molecule has 0 fully saturated rings. The Morgan fingerprint density at radius 3 is 2.19 bits per heavy atom. The summed E-state index contributed by atoms with van der Waals surface area (Å²) in [5.41, 5.74) is 2.90. The average Bonchev–Trinajstić information content (AvgIpc) is 3.05. The highest BCUT2D eigenvalue weighted by Gasteiger charge is 2.08. The van der Waals surface area contributed by atoms with Crippen LogP contribution in [0.3, 0.4) is 0 Å². The maximum Gasteiger partial charge on any atom is 0.277 e. The average molecular weight is 279 g/mol. The van der Waals surface area contributed by atoms with Gasteiger partial charge in [-0.3, -0.25) is 4.79 Å². The Balaban J connectivity index is 1.65. The van der Waals surface area contributed by atoms with Gasteiger partial charge in [-0.05, 0) is 36.4 Å². The standard InChI is InChI=1S/C16H13N3O2/c20-16(15-10-11-21-19-15)18-14-8-6-13(7-9-14)17-12-4-2-1-3-5-12/h1-11,17H,(H,18,20). The molecule has 21 heavy (non-hydrogen) atoms. The zero-order valence-corrected chi connectivity index (χ0v) is 11.1. The van der Waals surface area contributed by atoms with E-state index < -0.39 is 0 Å². The number of carbonyl (C=O) groups excluding carboxylic acids is 1. The van der Waals surface area contributed by atoms with Crippen molar-refractivity contribution in [3.63, 3.8) is 0 Å². The van der Waals surface area contributed by atoms with Crippen LogP contribution in [-0.4, -0.2) is 11.1 Å². The van der Waals surface area contributed by atoms with Gasteiger partial charge in [0.25, 0.3) is 5.91 Å². The molecule has 2 aromatic carbocycles. The molecule has 0 aliphatic heterocycles. The maximum absolute atomic E-state index is 11.8. The van der Waals surface area contributed by atoms with Gasteiger partial charge in [-0.1, -0.05) is 23.4 Å². The van der Waals surface area contributed by atoms with E-state index >= 15 is 0 Å². The van der Waals surface area contributed by atoms with E-state index in [2.05, 4.69) is 20.3 Å². The fraction of sp³-hybridized carbons (Fsp3) is 0. The first-order valence-electron chi connectivity index (χ1n) is 6.45. The number of nitrogens with zero attached hydrogens (tertiary/aromatic N) is 1. The summed E-state index contributed by atoms with van der Waals surface area (Å²) in [5, 5.41) is 9.60. The molecule has 3 aromatic rings. The molecule has 0 spiro atoms. The fourth-order valence-electron chi connectivity index (χ4n) is 1.85. The minimum absolute atomic E-state index is 0.251. The number of carbonyl (C=O) groups is 1. The molecule has 0 radical (unpaired) electrons. The zero-order chi connectivity index (χ0) is 14.5. The third-order valence-corrected chi connectivity index (χ3v) is 2.88. The van der Waals surface area contributed by atoms with Crippen molar-refractivity contribution in [2.45, 2.75) is 0 Å². The molecular weight excluding hydrogens is 266 g/mol. The number of hydrogen-bond donors (Lipinski definition) is 2. The normalized spacial score (nSPS) is 10.1. The Morgan fingerprint density at radius 2 is 1.52 bits per heavy atom. The Morgan fingerprint density at radius 1 is 0.857 bits per heavy atom. The van der Waals surface area contributed by atoms with Gasteiger partial charge in [-0.15, -0.1) is 0 Å². The van der Waals surface area contributed by atoms with Gasteiger partial charge in [-0.2, -0.15) is 0 Å². The van der Waals surface area contributed by atoms with Gasteiger partial charge in [0.15, 0.2) is 5.69 Å². The van der Waals surface area contributed by atoms with Crippen LogP contribution in [0, 0.1) is 0 Å². The summed E-state index contributed by atoms with van der Waals surface area (Å²) in [6.45, 7) is 0. The summed E-state index contributed by atoms with van der Waals surface area (Å²) in [4.78, 5) is 11.8. The van der Waals surface area contributed by atoms with Gasteiger partial charge < -0.3 is 15.2 Å². The molecule has 0 aliphatic carbocycles. The number of para-hydroxylation sites is 1. The number of anilines is 3.